The van der Waals surface area contributed by atoms with E-state index >= 15 is 0 Å². The van der Waals surface area contributed by atoms with Gasteiger partial charge in [-0.3, -0.25) is 15.0 Å². The van der Waals surface area contributed by atoms with Crippen molar-refractivity contribution in [3.8, 4) is 11.3 Å². The Bertz CT molecular complexity index is 892. The van der Waals surface area contributed by atoms with Crippen LogP contribution in [-0.4, -0.2) is 54.5 Å². The van der Waals surface area contributed by atoms with Gasteiger partial charge in [0.1, 0.15) is 11.6 Å². The number of rotatable bonds is 4. The zero-order chi connectivity index (χ0) is 18.1. The molecule has 0 spiro atoms. The number of piperidine rings is 1. The zero-order valence-electron chi connectivity index (χ0n) is 15.3. The lowest BCUT2D eigenvalue weighted by Gasteiger charge is -2.31. The van der Waals surface area contributed by atoms with Crippen LogP contribution in [0.2, 0.25) is 0 Å². The molecule has 0 bridgehead atoms. The van der Waals surface area contributed by atoms with Crippen LogP contribution in [0.1, 0.15) is 36.1 Å². The lowest BCUT2D eigenvalue weighted by molar-refractivity contribution is 0.197. The standard InChI is InChI=1S/C19H24N8/c1-2-15(11-20-5-1)17-10-16(22-23-17)13-26-7-3-14(4-8-26)19-25-24-18-12-21-6-9-27(18)19/h1-2,5,10-11,14,21H,3-4,6-9,12-13H2,(H,22,23). The fourth-order valence-electron chi connectivity index (χ4n) is 4.11. The highest BCUT2D eigenvalue weighted by Gasteiger charge is 2.27. The molecule has 1 saturated heterocycles. The molecular weight excluding hydrogens is 340 g/mol. The van der Waals surface area contributed by atoms with E-state index in [1.165, 1.54) is 5.82 Å². The van der Waals surface area contributed by atoms with Gasteiger partial charge >= 0.3 is 0 Å². The molecule has 8 heteroatoms. The predicted molar refractivity (Wildman–Crippen MR) is 101 cm³/mol. The first kappa shape index (κ1) is 16.6. The van der Waals surface area contributed by atoms with Crippen molar-refractivity contribution in [2.24, 2.45) is 0 Å². The molecule has 0 atom stereocenters. The molecule has 3 aromatic rings. The predicted octanol–water partition coefficient (Wildman–Crippen LogP) is 1.55. The summed E-state index contributed by atoms with van der Waals surface area (Å²) in [5.74, 6) is 2.79. The van der Waals surface area contributed by atoms with Crippen molar-refractivity contribution < 1.29 is 0 Å². The third kappa shape index (κ3) is 3.38. The number of pyridine rings is 1. The lowest BCUT2D eigenvalue weighted by atomic mass is 9.95. The summed E-state index contributed by atoms with van der Waals surface area (Å²) < 4.78 is 2.33. The van der Waals surface area contributed by atoms with Gasteiger partial charge in [0.25, 0.3) is 0 Å². The summed E-state index contributed by atoms with van der Waals surface area (Å²) in [6, 6.07) is 6.10. The topological polar surface area (TPSA) is 87.5 Å². The van der Waals surface area contributed by atoms with Gasteiger partial charge in [0.05, 0.1) is 12.2 Å². The summed E-state index contributed by atoms with van der Waals surface area (Å²) in [5, 5.41) is 19.8. The second kappa shape index (κ2) is 7.21. The number of fused-ring (bicyclic) bond motifs is 1. The van der Waals surface area contributed by atoms with E-state index in [0.717, 1.165) is 74.9 Å². The first-order valence-corrected chi connectivity index (χ1v) is 9.66. The third-order valence-corrected chi connectivity index (χ3v) is 5.59. The highest BCUT2D eigenvalue weighted by Crippen LogP contribution is 2.28. The van der Waals surface area contributed by atoms with Crippen molar-refractivity contribution in [3.05, 3.63) is 47.9 Å². The smallest absolute Gasteiger partial charge is 0.147 e. The van der Waals surface area contributed by atoms with E-state index in [9.17, 15) is 0 Å². The molecular formula is C19H24N8. The average molecular weight is 364 g/mol. The van der Waals surface area contributed by atoms with Gasteiger partial charge in [-0.2, -0.15) is 5.10 Å². The molecule has 27 heavy (non-hydrogen) atoms. The fourth-order valence-corrected chi connectivity index (χ4v) is 4.11. The molecule has 3 aromatic heterocycles. The Morgan fingerprint density at radius 2 is 2.07 bits per heavy atom. The van der Waals surface area contributed by atoms with Crippen molar-refractivity contribution >= 4 is 0 Å². The molecule has 0 radical (unpaired) electrons. The van der Waals surface area contributed by atoms with E-state index in [4.69, 9.17) is 0 Å². The summed E-state index contributed by atoms with van der Waals surface area (Å²) in [7, 11) is 0. The Morgan fingerprint density at radius 1 is 1.15 bits per heavy atom. The van der Waals surface area contributed by atoms with Gasteiger partial charge in [-0.1, -0.05) is 0 Å². The Balaban J connectivity index is 1.20. The third-order valence-electron chi connectivity index (χ3n) is 5.59. The first-order valence-electron chi connectivity index (χ1n) is 9.66. The quantitative estimate of drug-likeness (QED) is 0.730. The Hall–Kier alpha value is -2.58. The molecule has 8 nitrogen and oxygen atoms in total. The number of likely N-dealkylation sites (tertiary alicyclic amines) is 1. The van der Waals surface area contributed by atoms with Crippen LogP contribution in [0.3, 0.4) is 0 Å². The van der Waals surface area contributed by atoms with Crippen LogP contribution in [0.15, 0.2) is 30.6 Å². The Labute approximate surface area is 158 Å². The second-order valence-electron chi connectivity index (χ2n) is 7.37. The van der Waals surface area contributed by atoms with Crippen LogP contribution in [0.4, 0.5) is 0 Å². The Kier molecular flexibility index (Phi) is 4.43. The summed E-state index contributed by atoms with van der Waals surface area (Å²) in [5.41, 5.74) is 3.15. The van der Waals surface area contributed by atoms with Crippen molar-refractivity contribution in [3.63, 3.8) is 0 Å². The molecule has 0 aromatic carbocycles. The number of H-pyrrole nitrogens is 1. The van der Waals surface area contributed by atoms with Gasteiger partial charge in [-0.05, 0) is 44.1 Å². The molecule has 5 heterocycles. The van der Waals surface area contributed by atoms with Crippen molar-refractivity contribution in [2.45, 2.75) is 38.4 Å². The van der Waals surface area contributed by atoms with E-state index in [0.29, 0.717) is 5.92 Å². The molecule has 2 aliphatic heterocycles. The average Bonchev–Trinajstić information content (AvgIpc) is 3.37. The first-order chi connectivity index (χ1) is 13.4. The van der Waals surface area contributed by atoms with E-state index < -0.39 is 0 Å². The van der Waals surface area contributed by atoms with Crippen LogP contribution in [0.25, 0.3) is 11.3 Å². The van der Waals surface area contributed by atoms with Crippen LogP contribution < -0.4 is 5.32 Å². The monoisotopic (exact) mass is 364 g/mol. The van der Waals surface area contributed by atoms with Gasteiger partial charge in [0, 0.05) is 49.2 Å². The SMILES string of the molecule is c1cncc(-c2cc(CN3CCC(c4nnc5n4CCNC5)CC3)[nH]n2)c1. The van der Waals surface area contributed by atoms with Gasteiger partial charge in [-0.15, -0.1) is 10.2 Å². The maximum absolute atomic E-state index is 4.50. The van der Waals surface area contributed by atoms with Crippen molar-refractivity contribution in [1.29, 1.82) is 0 Å². The van der Waals surface area contributed by atoms with Crippen molar-refractivity contribution in [2.75, 3.05) is 19.6 Å². The fraction of sp³-hybridized carbons (Fsp3) is 0.474. The molecule has 0 unspecified atom stereocenters. The molecule has 1 fully saturated rings. The van der Waals surface area contributed by atoms with E-state index in [2.05, 4.69) is 46.2 Å². The molecule has 2 N–H and O–H groups in total. The molecule has 5 rings (SSSR count). The molecule has 0 saturated carbocycles. The van der Waals surface area contributed by atoms with Crippen LogP contribution in [0, 0.1) is 0 Å². The van der Waals surface area contributed by atoms with Gasteiger partial charge in [-0.25, -0.2) is 0 Å². The number of hydrogen-bond donors (Lipinski definition) is 2. The highest BCUT2D eigenvalue weighted by atomic mass is 15.3. The summed E-state index contributed by atoms with van der Waals surface area (Å²) in [4.78, 5) is 6.66. The van der Waals surface area contributed by atoms with Crippen molar-refractivity contribution in [1.82, 2.24) is 40.2 Å². The summed E-state index contributed by atoms with van der Waals surface area (Å²) >= 11 is 0. The minimum atomic E-state index is 0.522. The molecule has 0 aliphatic carbocycles. The molecule has 2 aliphatic rings. The number of nitrogens with one attached hydrogen (secondary N) is 2. The zero-order valence-corrected chi connectivity index (χ0v) is 15.3. The normalized spacial score (nSPS) is 18.5. The lowest BCUT2D eigenvalue weighted by Crippen LogP contribution is -2.34. The molecule has 0 amide bonds. The van der Waals surface area contributed by atoms with Gasteiger partial charge < -0.3 is 9.88 Å². The van der Waals surface area contributed by atoms with E-state index in [1.54, 1.807) is 6.20 Å². The summed E-state index contributed by atoms with van der Waals surface area (Å²) in [6.07, 6.45) is 5.90. The maximum Gasteiger partial charge on any atom is 0.147 e. The van der Waals surface area contributed by atoms with Gasteiger partial charge in [0.15, 0.2) is 0 Å². The van der Waals surface area contributed by atoms with E-state index in [-0.39, 0.29) is 0 Å². The number of nitrogens with zero attached hydrogens (tertiary/aromatic N) is 6. The van der Waals surface area contributed by atoms with Crippen LogP contribution in [-0.2, 0) is 19.6 Å². The number of hydrogen-bond acceptors (Lipinski definition) is 6. The second-order valence-corrected chi connectivity index (χ2v) is 7.37. The Morgan fingerprint density at radius 3 is 2.93 bits per heavy atom. The number of aromatic nitrogens is 6. The van der Waals surface area contributed by atoms with Gasteiger partial charge in [0.2, 0.25) is 0 Å². The minimum Gasteiger partial charge on any atom is -0.312 e. The summed E-state index contributed by atoms with van der Waals surface area (Å²) in [6.45, 7) is 5.89. The minimum absolute atomic E-state index is 0.522. The largest absolute Gasteiger partial charge is 0.312 e. The highest BCUT2D eigenvalue weighted by molar-refractivity contribution is 5.57. The molecule has 140 valence electrons. The number of aromatic amines is 1. The maximum atomic E-state index is 4.50. The van der Waals surface area contributed by atoms with E-state index in [1.807, 2.05) is 18.3 Å². The van der Waals surface area contributed by atoms with Crippen LogP contribution in [0.5, 0.6) is 0 Å². The van der Waals surface area contributed by atoms with Crippen LogP contribution >= 0.6 is 0 Å².